The fourth-order valence-corrected chi connectivity index (χ4v) is 3.58. The standard InChI is InChI=1S/C22H25N3O6/c1-28-15-7-8-17(29-2)16(13-15)23-22(27)25-11-9-24(10-12-25)21(26)20-14-30-18-5-3-4-6-19(18)31-20/h3-8,13,20H,9-12,14H2,1-2H3,(H,23,27)/t20-/m1/s1. The molecule has 2 heterocycles. The van der Waals surface area contributed by atoms with Crippen LogP contribution in [0, 0.1) is 0 Å². The van der Waals surface area contributed by atoms with Crippen LogP contribution in [-0.2, 0) is 4.79 Å². The fraction of sp³-hybridized carbons (Fsp3) is 0.364. The molecule has 0 spiro atoms. The van der Waals surface area contributed by atoms with Crippen LogP contribution in [0.5, 0.6) is 23.0 Å². The minimum atomic E-state index is -0.684. The number of carbonyl (C=O) groups excluding carboxylic acids is 2. The third-order valence-electron chi connectivity index (χ3n) is 5.31. The molecule has 2 aromatic carbocycles. The Morgan fingerprint density at radius 3 is 2.39 bits per heavy atom. The van der Waals surface area contributed by atoms with Crippen LogP contribution in [0.1, 0.15) is 0 Å². The minimum absolute atomic E-state index is 0.135. The van der Waals surface area contributed by atoms with Gasteiger partial charge in [-0.1, -0.05) is 12.1 Å². The van der Waals surface area contributed by atoms with Gasteiger partial charge in [-0.15, -0.1) is 0 Å². The minimum Gasteiger partial charge on any atom is -0.497 e. The average Bonchev–Trinajstić information content (AvgIpc) is 2.83. The first-order chi connectivity index (χ1) is 15.1. The van der Waals surface area contributed by atoms with Crippen molar-refractivity contribution in [2.75, 3.05) is 52.3 Å². The number of nitrogens with one attached hydrogen (secondary N) is 1. The number of amides is 3. The number of nitrogens with zero attached hydrogens (tertiary/aromatic N) is 2. The van der Waals surface area contributed by atoms with E-state index >= 15 is 0 Å². The number of hydrogen-bond donors (Lipinski definition) is 1. The molecule has 0 radical (unpaired) electrons. The highest BCUT2D eigenvalue weighted by Gasteiger charge is 2.33. The Kier molecular flexibility index (Phi) is 6.01. The SMILES string of the molecule is COc1ccc(OC)c(NC(=O)N2CCN(C(=O)[C@H]3COc4ccccc4O3)CC2)c1. The van der Waals surface area contributed by atoms with Gasteiger partial charge in [0.25, 0.3) is 5.91 Å². The summed E-state index contributed by atoms with van der Waals surface area (Å²) in [5.74, 6) is 2.22. The number of fused-ring (bicyclic) bond motifs is 1. The second-order valence-corrected chi connectivity index (χ2v) is 7.17. The zero-order chi connectivity index (χ0) is 21.8. The Balaban J connectivity index is 1.32. The van der Waals surface area contributed by atoms with Gasteiger partial charge in [-0.3, -0.25) is 4.79 Å². The number of benzene rings is 2. The lowest BCUT2D eigenvalue weighted by molar-refractivity contribution is -0.142. The van der Waals surface area contributed by atoms with E-state index in [1.807, 2.05) is 18.2 Å². The van der Waals surface area contributed by atoms with Crippen LogP contribution in [0.15, 0.2) is 42.5 Å². The molecule has 1 atom stereocenters. The van der Waals surface area contributed by atoms with Crippen LogP contribution in [0.25, 0.3) is 0 Å². The summed E-state index contributed by atoms with van der Waals surface area (Å²) in [6.07, 6.45) is -0.684. The van der Waals surface area contributed by atoms with Crippen molar-refractivity contribution in [3.63, 3.8) is 0 Å². The van der Waals surface area contributed by atoms with Crippen molar-refractivity contribution in [2.45, 2.75) is 6.10 Å². The predicted molar refractivity (Wildman–Crippen MR) is 113 cm³/mol. The topological polar surface area (TPSA) is 89.6 Å². The average molecular weight is 427 g/mol. The lowest BCUT2D eigenvalue weighted by Crippen LogP contribution is -2.55. The van der Waals surface area contributed by atoms with Crippen LogP contribution in [-0.4, -0.2) is 74.8 Å². The van der Waals surface area contributed by atoms with E-state index in [0.717, 1.165) is 0 Å². The Labute approximate surface area is 180 Å². The summed E-state index contributed by atoms with van der Waals surface area (Å²) in [5.41, 5.74) is 0.525. The molecule has 31 heavy (non-hydrogen) atoms. The molecule has 1 N–H and O–H groups in total. The molecule has 2 aliphatic heterocycles. The first-order valence-corrected chi connectivity index (χ1v) is 10.0. The van der Waals surface area contributed by atoms with Crippen molar-refractivity contribution in [1.82, 2.24) is 9.80 Å². The maximum absolute atomic E-state index is 12.9. The van der Waals surface area contributed by atoms with Gasteiger partial charge in [-0.2, -0.15) is 0 Å². The molecule has 1 saturated heterocycles. The number of anilines is 1. The summed E-state index contributed by atoms with van der Waals surface area (Å²) >= 11 is 0. The van der Waals surface area contributed by atoms with E-state index in [-0.39, 0.29) is 18.5 Å². The molecule has 0 aromatic heterocycles. The van der Waals surface area contributed by atoms with Crippen molar-refractivity contribution in [2.24, 2.45) is 0 Å². The summed E-state index contributed by atoms with van der Waals surface area (Å²) in [5, 5.41) is 2.86. The van der Waals surface area contributed by atoms with E-state index in [1.165, 1.54) is 7.11 Å². The number of piperazine rings is 1. The molecular weight excluding hydrogens is 402 g/mol. The van der Waals surface area contributed by atoms with Crippen molar-refractivity contribution < 1.29 is 28.5 Å². The molecule has 2 aliphatic rings. The Morgan fingerprint density at radius 2 is 1.68 bits per heavy atom. The summed E-state index contributed by atoms with van der Waals surface area (Å²) in [6.45, 7) is 1.83. The van der Waals surface area contributed by atoms with Crippen LogP contribution >= 0.6 is 0 Å². The van der Waals surface area contributed by atoms with Gasteiger partial charge < -0.3 is 34.1 Å². The molecule has 0 saturated carbocycles. The lowest BCUT2D eigenvalue weighted by Gasteiger charge is -2.37. The molecule has 4 rings (SSSR count). The van der Waals surface area contributed by atoms with Crippen LogP contribution in [0.4, 0.5) is 10.5 Å². The number of urea groups is 1. The number of ether oxygens (including phenoxy) is 4. The highest BCUT2D eigenvalue weighted by Crippen LogP contribution is 2.32. The van der Waals surface area contributed by atoms with E-state index < -0.39 is 6.10 Å². The van der Waals surface area contributed by atoms with Gasteiger partial charge in [0.1, 0.15) is 18.1 Å². The summed E-state index contributed by atoms with van der Waals surface area (Å²) in [7, 11) is 3.10. The highest BCUT2D eigenvalue weighted by molar-refractivity contribution is 5.91. The third kappa shape index (κ3) is 4.45. The van der Waals surface area contributed by atoms with E-state index in [0.29, 0.717) is 54.9 Å². The Hall–Kier alpha value is -3.62. The van der Waals surface area contributed by atoms with Gasteiger partial charge in [0.15, 0.2) is 11.5 Å². The number of carbonyl (C=O) groups is 2. The van der Waals surface area contributed by atoms with Crippen molar-refractivity contribution in [1.29, 1.82) is 0 Å². The monoisotopic (exact) mass is 427 g/mol. The van der Waals surface area contributed by atoms with Gasteiger partial charge in [-0.25, -0.2) is 4.79 Å². The van der Waals surface area contributed by atoms with Gasteiger partial charge in [-0.05, 0) is 24.3 Å². The molecule has 0 unspecified atom stereocenters. The van der Waals surface area contributed by atoms with Crippen molar-refractivity contribution >= 4 is 17.6 Å². The van der Waals surface area contributed by atoms with E-state index in [9.17, 15) is 9.59 Å². The quantitative estimate of drug-likeness (QED) is 0.805. The zero-order valence-electron chi connectivity index (χ0n) is 17.5. The molecule has 0 bridgehead atoms. The fourth-order valence-electron chi connectivity index (χ4n) is 3.58. The Bertz CT molecular complexity index is 958. The van der Waals surface area contributed by atoms with Gasteiger partial charge in [0, 0.05) is 32.2 Å². The van der Waals surface area contributed by atoms with Crippen molar-refractivity contribution in [3.05, 3.63) is 42.5 Å². The van der Waals surface area contributed by atoms with Gasteiger partial charge >= 0.3 is 6.03 Å². The van der Waals surface area contributed by atoms with Gasteiger partial charge in [0.2, 0.25) is 6.10 Å². The highest BCUT2D eigenvalue weighted by atomic mass is 16.6. The summed E-state index contributed by atoms with van der Waals surface area (Å²) in [4.78, 5) is 28.9. The number of para-hydroxylation sites is 2. The Morgan fingerprint density at radius 1 is 0.968 bits per heavy atom. The zero-order valence-corrected chi connectivity index (χ0v) is 17.5. The first kappa shape index (κ1) is 20.6. The third-order valence-corrected chi connectivity index (χ3v) is 5.31. The molecular formula is C22H25N3O6. The van der Waals surface area contributed by atoms with E-state index in [2.05, 4.69) is 5.32 Å². The van der Waals surface area contributed by atoms with Crippen LogP contribution in [0.2, 0.25) is 0 Å². The van der Waals surface area contributed by atoms with Crippen LogP contribution < -0.4 is 24.3 Å². The van der Waals surface area contributed by atoms with Crippen molar-refractivity contribution in [3.8, 4) is 23.0 Å². The maximum Gasteiger partial charge on any atom is 0.322 e. The maximum atomic E-state index is 12.9. The van der Waals surface area contributed by atoms with E-state index in [1.54, 1.807) is 41.2 Å². The molecule has 164 valence electrons. The number of methoxy groups -OCH3 is 2. The predicted octanol–water partition coefficient (Wildman–Crippen LogP) is 2.22. The molecule has 3 amide bonds. The molecule has 0 aliphatic carbocycles. The van der Waals surface area contributed by atoms with Gasteiger partial charge in [0.05, 0.1) is 19.9 Å². The van der Waals surface area contributed by atoms with Crippen LogP contribution in [0.3, 0.4) is 0 Å². The molecule has 1 fully saturated rings. The second-order valence-electron chi connectivity index (χ2n) is 7.17. The smallest absolute Gasteiger partial charge is 0.322 e. The molecule has 2 aromatic rings. The largest absolute Gasteiger partial charge is 0.497 e. The molecule has 9 nitrogen and oxygen atoms in total. The first-order valence-electron chi connectivity index (χ1n) is 10.0. The summed E-state index contributed by atoms with van der Waals surface area (Å²) in [6, 6.07) is 12.2. The molecule has 9 heteroatoms. The second kappa shape index (κ2) is 9.03. The number of rotatable bonds is 4. The lowest BCUT2D eigenvalue weighted by atomic mass is 10.2. The summed E-state index contributed by atoms with van der Waals surface area (Å²) < 4.78 is 22.0. The van der Waals surface area contributed by atoms with E-state index in [4.69, 9.17) is 18.9 Å². The number of hydrogen-bond acceptors (Lipinski definition) is 6. The normalized spacial score (nSPS) is 17.7.